The van der Waals surface area contributed by atoms with E-state index in [1.807, 2.05) is 0 Å². The third kappa shape index (κ3) is 2.08. The second-order valence-corrected chi connectivity index (χ2v) is 4.83. The van der Waals surface area contributed by atoms with Gasteiger partial charge in [0.15, 0.2) is 0 Å². The molecule has 1 aromatic rings. The lowest BCUT2D eigenvalue weighted by atomic mass is 9.93. The summed E-state index contributed by atoms with van der Waals surface area (Å²) in [5.74, 6) is -1.03. The molecular formula is C10H15N3O2S. The molecule has 1 aromatic heterocycles. The molecule has 0 aliphatic carbocycles. The summed E-state index contributed by atoms with van der Waals surface area (Å²) in [6, 6.07) is 0. The molecule has 0 amide bonds. The van der Waals surface area contributed by atoms with Gasteiger partial charge in [0.05, 0.1) is 16.5 Å². The highest BCUT2D eigenvalue weighted by atomic mass is 32.1. The van der Waals surface area contributed by atoms with Gasteiger partial charge in [0.1, 0.15) is 0 Å². The van der Waals surface area contributed by atoms with Crippen molar-refractivity contribution in [2.45, 2.75) is 25.7 Å². The molecule has 0 aromatic carbocycles. The van der Waals surface area contributed by atoms with Gasteiger partial charge in [0.2, 0.25) is 0 Å². The van der Waals surface area contributed by atoms with Crippen LogP contribution in [0.5, 0.6) is 0 Å². The van der Waals surface area contributed by atoms with Crippen molar-refractivity contribution in [3.8, 4) is 0 Å². The van der Waals surface area contributed by atoms with E-state index in [-0.39, 0.29) is 11.8 Å². The smallest absolute Gasteiger partial charge is 0.308 e. The lowest BCUT2D eigenvalue weighted by molar-refractivity contribution is -0.141. The molecule has 1 fully saturated rings. The van der Waals surface area contributed by atoms with Crippen molar-refractivity contribution < 1.29 is 9.90 Å². The number of hydrogen-bond acceptors (Lipinski definition) is 5. The third-order valence-electron chi connectivity index (χ3n) is 2.94. The monoisotopic (exact) mass is 241 g/mol. The summed E-state index contributed by atoms with van der Waals surface area (Å²) in [6.07, 6.45) is 1.89. The number of rotatable bonds is 4. The topological polar surface area (TPSA) is 75.1 Å². The number of aliphatic carboxylic acids is 1. The van der Waals surface area contributed by atoms with Crippen LogP contribution < -0.4 is 5.32 Å². The minimum absolute atomic E-state index is 0.0408. The van der Waals surface area contributed by atoms with Gasteiger partial charge in [-0.2, -0.15) is 0 Å². The minimum Gasteiger partial charge on any atom is -0.481 e. The number of aryl methyl sites for hydroxylation is 1. The molecule has 2 heterocycles. The van der Waals surface area contributed by atoms with Crippen LogP contribution in [-0.2, 0) is 11.2 Å². The van der Waals surface area contributed by atoms with Crippen LogP contribution in [0.1, 0.15) is 29.8 Å². The molecule has 5 nitrogen and oxygen atoms in total. The Hall–Kier alpha value is -1.01. The molecule has 1 saturated heterocycles. The fourth-order valence-corrected chi connectivity index (χ4v) is 2.98. The van der Waals surface area contributed by atoms with E-state index in [9.17, 15) is 4.79 Å². The van der Waals surface area contributed by atoms with E-state index >= 15 is 0 Å². The first-order valence-corrected chi connectivity index (χ1v) is 6.26. The van der Waals surface area contributed by atoms with Crippen LogP contribution in [0.2, 0.25) is 0 Å². The molecule has 1 aliphatic heterocycles. The highest BCUT2D eigenvalue weighted by molar-refractivity contribution is 7.05. The highest BCUT2D eigenvalue weighted by Crippen LogP contribution is 2.32. The number of carboxylic acid groups (broad SMARTS) is 1. The van der Waals surface area contributed by atoms with Gasteiger partial charge < -0.3 is 10.4 Å². The maximum absolute atomic E-state index is 11.1. The van der Waals surface area contributed by atoms with Gasteiger partial charge in [-0.15, -0.1) is 5.10 Å². The molecule has 0 bridgehead atoms. The van der Waals surface area contributed by atoms with Crippen molar-refractivity contribution in [2.24, 2.45) is 5.92 Å². The third-order valence-corrected chi connectivity index (χ3v) is 3.84. The SMILES string of the molecule is CCCc1nnsc1C1CNCC1C(=O)O. The van der Waals surface area contributed by atoms with Crippen LogP contribution in [-0.4, -0.2) is 33.8 Å². The first kappa shape index (κ1) is 11.5. The molecule has 6 heteroatoms. The van der Waals surface area contributed by atoms with Gasteiger partial charge in [0.25, 0.3) is 0 Å². The second-order valence-electron chi connectivity index (χ2n) is 4.04. The van der Waals surface area contributed by atoms with Crippen LogP contribution in [0.3, 0.4) is 0 Å². The number of carboxylic acids is 1. The largest absolute Gasteiger partial charge is 0.481 e. The summed E-state index contributed by atoms with van der Waals surface area (Å²) in [7, 11) is 0. The number of nitrogens with one attached hydrogen (secondary N) is 1. The average molecular weight is 241 g/mol. The van der Waals surface area contributed by atoms with E-state index in [2.05, 4.69) is 21.8 Å². The predicted molar refractivity (Wildman–Crippen MR) is 60.6 cm³/mol. The fraction of sp³-hybridized carbons (Fsp3) is 0.700. The summed E-state index contributed by atoms with van der Waals surface area (Å²) < 4.78 is 3.95. The Morgan fingerprint density at radius 2 is 2.44 bits per heavy atom. The van der Waals surface area contributed by atoms with E-state index in [1.165, 1.54) is 11.5 Å². The van der Waals surface area contributed by atoms with E-state index < -0.39 is 5.97 Å². The van der Waals surface area contributed by atoms with Crippen molar-refractivity contribution in [3.63, 3.8) is 0 Å². The molecule has 0 saturated carbocycles. The molecule has 2 rings (SSSR count). The average Bonchev–Trinajstić information content (AvgIpc) is 2.83. The lowest BCUT2D eigenvalue weighted by Gasteiger charge is -2.13. The summed E-state index contributed by atoms with van der Waals surface area (Å²) >= 11 is 1.34. The van der Waals surface area contributed by atoms with Gasteiger partial charge in [0, 0.05) is 19.0 Å². The zero-order valence-electron chi connectivity index (χ0n) is 9.14. The van der Waals surface area contributed by atoms with E-state index in [0.717, 1.165) is 30.0 Å². The Labute approximate surface area is 98.0 Å². The summed E-state index contributed by atoms with van der Waals surface area (Å²) in [5, 5.41) is 16.4. The molecule has 1 aliphatic rings. The quantitative estimate of drug-likeness (QED) is 0.818. The van der Waals surface area contributed by atoms with E-state index in [4.69, 9.17) is 5.11 Å². The van der Waals surface area contributed by atoms with Crippen LogP contribution in [0.4, 0.5) is 0 Å². The standard InChI is InChI=1S/C10H15N3O2S/c1-2-3-8-9(16-13-12-8)6-4-11-5-7(6)10(14)15/h6-7,11H,2-5H2,1H3,(H,14,15). The normalized spacial score (nSPS) is 24.8. The number of nitrogens with zero attached hydrogens (tertiary/aromatic N) is 2. The molecule has 16 heavy (non-hydrogen) atoms. The summed E-state index contributed by atoms with van der Waals surface area (Å²) in [6.45, 7) is 3.35. The van der Waals surface area contributed by atoms with Gasteiger partial charge in [-0.3, -0.25) is 4.79 Å². The molecular weight excluding hydrogens is 226 g/mol. The Morgan fingerprint density at radius 1 is 1.62 bits per heavy atom. The van der Waals surface area contributed by atoms with Gasteiger partial charge in [-0.25, -0.2) is 0 Å². The Bertz CT molecular complexity index is 380. The maximum atomic E-state index is 11.1. The minimum atomic E-state index is -0.731. The van der Waals surface area contributed by atoms with Crippen LogP contribution >= 0.6 is 11.5 Å². The first-order chi connectivity index (χ1) is 7.74. The van der Waals surface area contributed by atoms with E-state index in [0.29, 0.717) is 6.54 Å². The Morgan fingerprint density at radius 3 is 3.12 bits per heavy atom. The number of hydrogen-bond donors (Lipinski definition) is 2. The first-order valence-electron chi connectivity index (χ1n) is 5.48. The molecule has 2 unspecified atom stereocenters. The molecule has 2 N–H and O–H groups in total. The summed E-state index contributed by atoms with van der Waals surface area (Å²) in [4.78, 5) is 12.2. The molecule has 2 atom stereocenters. The van der Waals surface area contributed by atoms with Gasteiger partial charge in [-0.1, -0.05) is 17.8 Å². The number of aromatic nitrogens is 2. The lowest BCUT2D eigenvalue weighted by Crippen LogP contribution is -2.21. The van der Waals surface area contributed by atoms with Crippen molar-refractivity contribution in [1.29, 1.82) is 0 Å². The molecule has 88 valence electrons. The maximum Gasteiger partial charge on any atom is 0.308 e. The van der Waals surface area contributed by atoms with Gasteiger partial charge >= 0.3 is 5.97 Å². The van der Waals surface area contributed by atoms with Crippen molar-refractivity contribution in [1.82, 2.24) is 14.9 Å². The van der Waals surface area contributed by atoms with Crippen LogP contribution in [0.15, 0.2) is 0 Å². The highest BCUT2D eigenvalue weighted by Gasteiger charge is 2.36. The summed E-state index contributed by atoms with van der Waals surface area (Å²) in [5.41, 5.74) is 0.979. The van der Waals surface area contributed by atoms with Crippen molar-refractivity contribution in [2.75, 3.05) is 13.1 Å². The van der Waals surface area contributed by atoms with E-state index in [1.54, 1.807) is 0 Å². The van der Waals surface area contributed by atoms with Gasteiger partial charge in [-0.05, 0) is 18.0 Å². The Kier molecular flexibility index (Phi) is 3.50. The van der Waals surface area contributed by atoms with Crippen LogP contribution in [0.25, 0.3) is 0 Å². The van der Waals surface area contributed by atoms with Crippen LogP contribution in [0, 0.1) is 5.92 Å². The fourth-order valence-electron chi connectivity index (χ4n) is 2.12. The second kappa shape index (κ2) is 4.88. The zero-order valence-corrected chi connectivity index (χ0v) is 9.96. The zero-order chi connectivity index (χ0) is 11.5. The number of carbonyl (C=O) groups is 1. The Balaban J connectivity index is 2.22. The van der Waals surface area contributed by atoms with Crippen molar-refractivity contribution >= 4 is 17.5 Å². The predicted octanol–water partition coefficient (Wildman–Crippen LogP) is 0.878. The molecule has 0 radical (unpaired) electrons. The van der Waals surface area contributed by atoms with Crippen molar-refractivity contribution in [3.05, 3.63) is 10.6 Å². The molecule has 0 spiro atoms.